The number of nitrogens with zero attached hydrogens (tertiary/aromatic N) is 4. The molecule has 0 atom stereocenters. The number of hydrogen-bond donors (Lipinski definition) is 1. The largest absolute Gasteiger partial charge is 0.476 e. The van der Waals surface area contributed by atoms with Crippen molar-refractivity contribution in [3.63, 3.8) is 0 Å². The van der Waals surface area contributed by atoms with Crippen molar-refractivity contribution < 1.29 is 4.74 Å². The third kappa shape index (κ3) is 3.43. The fraction of sp³-hybridized carbons (Fsp3) is 0.167. The van der Waals surface area contributed by atoms with Gasteiger partial charge in [0.2, 0.25) is 5.88 Å². The Morgan fingerprint density at radius 1 is 1.00 bits per heavy atom. The number of hydrogen-bond acceptors (Lipinski definition) is 6. The van der Waals surface area contributed by atoms with Crippen molar-refractivity contribution in [1.29, 1.82) is 0 Å². The van der Waals surface area contributed by atoms with Gasteiger partial charge < -0.3 is 15.4 Å². The number of ether oxygens (including phenoxy) is 1. The molecule has 24 heavy (non-hydrogen) atoms. The third-order valence-corrected chi connectivity index (χ3v) is 3.47. The van der Waals surface area contributed by atoms with Crippen LogP contribution in [-0.2, 0) is 6.54 Å². The normalized spacial score (nSPS) is 10.4. The third-order valence-electron chi connectivity index (χ3n) is 3.47. The number of nitrogen functional groups attached to an aromatic ring is 1. The lowest BCUT2D eigenvalue weighted by molar-refractivity contribution is 0.328. The zero-order valence-corrected chi connectivity index (χ0v) is 13.5. The summed E-state index contributed by atoms with van der Waals surface area (Å²) in [4.78, 5) is 14.9. The lowest BCUT2D eigenvalue weighted by Crippen LogP contribution is -2.21. The second-order valence-corrected chi connectivity index (χ2v) is 5.11. The molecule has 0 radical (unpaired) electrons. The summed E-state index contributed by atoms with van der Waals surface area (Å²) in [5.74, 6) is 1.72. The molecule has 6 heteroatoms. The van der Waals surface area contributed by atoms with E-state index in [0.717, 1.165) is 11.4 Å². The Kier molecular flexibility index (Phi) is 4.86. The summed E-state index contributed by atoms with van der Waals surface area (Å²) in [5.41, 5.74) is 7.77. The number of nitrogens with two attached hydrogens (primary N) is 1. The van der Waals surface area contributed by atoms with Gasteiger partial charge in [-0.25, -0.2) is 9.97 Å². The van der Waals surface area contributed by atoms with Crippen LogP contribution in [0, 0.1) is 0 Å². The highest BCUT2D eigenvalue weighted by atomic mass is 16.5. The summed E-state index contributed by atoms with van der Waals surface area (Å²) in [6.07, 6.45) is 3.20. The molecule has 0 unspecified atom stereocenters. The van der Waals surface area contributed by atoms with E-state index in [1.807, 2.05) is 48.2 Å². The van der Waals surface area contributed by atoms with Crippen LogP contribution in [0.3, 0.4) is 0 Å². The zero-order valence-electron chi connectivity index (χ0n) is 13.5. The summed E-state index contributed by atoms with van der Waals surface area (Å²) >= 11 is 0. The molecule has 122 valence electrons. The quantitative estimate of drug-likeness (QED) is 0.751. The number of benzene rings is 1. The summed E-state index contributed by atoms with van der Waals surface area (Å²) in [6.45, 7) is 2.97. The lowest BCUT2D eigenvalue weighted by atomic mass is 10.2. The molecule has 0 spiro atoms. The molecular weight excluding hydrogens is 302 g/mol. The predicted octanol–water partition coefficient (Wildman–Crippen LogP) is 3.19. The van der Waals surface area contributed by atoms with Crippen molar-refractivity contribution >= 4 is 17.3 Å². The van der Waals surface area contributed by atoms with Crippen LogP contribution in [0.4, 0.5) is 17.3 Å². The van der Waals surface area contributed by atoms with Gasteiger partial charge in [0, 0.05) is 6.20 Å². The van der Waals surface area contributed by atoms with Crippen molar-refractivity contribution in [1.82, 2.24) is 15.0 Å². The number of pyridine rings is 1. The van der Waals surface area contributed by atoms with Gasteiger partial charge in [0.1, 0.15) is 17.8 Å². The predicted molar refractivity (Wildman–Crippen MR) is 94.1 cm³/mol. The average Bonchev–Trinajstić information content (AvgIpc) is 2.64. The van der Waals surface area contributed by atoms with Crippen LogP contribution in [0.25, 0.3) is 0 Å². The van der Waals surface area contributed by atoms with Gasteiger partial charge in [-0.1, -0.05) is 36.4 Å². The molecule has 2 aromatic heterocycles. The van der Waals surface area contributed by atoms with E-state index in [4.69, 9.17) is 10.5 Å². The van der Waals surface area contributed by atoms with E-state index < -0.39 is 0 Å². The average molecular weight is 321 g/mol. The fourth-order valence-corrected chi connectivity index (χ4v) is 2.38. The molecule has 0 saturated heterocycles. The first-order valence-electron chi connectivity index (χ1n) is 7.75. The van der Waals surface area contributed by atoms with E-state index in [1.54, 1.807) is 6.20 Å². The minimum absolute atomic E-state index is 0.386. The van der Waals surface area contributed by atoms with Crippen LogP contribution in [0.5, 0.6) is 5.88 Å². The van der Waals surface area contributed by atoms with E-state index in [9.17, 15) is 0 Å². The van der Waals surface area contributed by atoms with Gasteiger partial charge in [-0.15, -0.1) is 0 Å². The summed E-state index contributed by atoms with van der Waals surface area (Å²) in [5, 5.41) is 0. The molecule has 0 bridgehead atoms. The van der Waals surface area contributed by atoms with E-state index >= 15 is 0 Å². The molecule has 0 aliphatic rings. The van der Waals surface area contributed by atoms with Gasteiger partial charge in [-0.05, 0) is 24.6 Å². The minimum atomic E-state index is 0.386. The highest BCUT2D eigenvalue weighted by Crippen LogP contribution is 2.33. The molecule has 6 nitrogen and oxygen atoms in total. The van der Waals surface area contributed by atoms with Gasteiger partial charge in [0.15, 0.2) is 5.82 Å². The molecule has 0 fully saturated rings. The zero-order chi connectivity index (χ0) is 16.8. The van der Waals surface area contributed by atoms with Crippen molar-refractivity contribution in [3.05, 3.63) is 66.6 Å². The van der Waals surface area contributed by atoms with Gasteiger partial charge in [0.05, 0.1) is 13.2 Å². The summed E-state index contributed by atoms with van der Waals surface area (Å²) < 4.78 is 5.49. The molecular formula is C18H19N5O. The Balaban J connectivity index is 2.03. The number of aromatic nitrogens is 3. The lowest BCUT2D eigenvalue weighted by Gasteiger charge is -2.24. The maximum absolute atomic E-state index is 6.24. The van der Waals surface area contributed by atoms with Crippen LogP contribution >= 0.6 is 0 Å². The van der Waals surface area contributed by atoms with E-state index in [2.05, 4.69) is 27.1 Å². The standard InChI is InChI=1S/C18H19N5O/c1-2-24-18-16(19)17(21-13-22-18)23(15-10-6-7-11-20-15)12-14-8-4-3-5-9-14/h3-11,13H,2,12,19H2,1H3. The summed E-state index contributed by atoms with van der Waals surface area (Å²) in [6, 6.07) is 15.8. The first kappa shape index (κ1) is 15.7. The highest BCUT2D eigenvalue weighted by Gasteiger charge is 2.18. The Bertz CT molecular complexity index is 780. The molecule has 2 N–H and O–H groups in total. The monoisotopic (exact) mass is 321 g/mol. The Morgan fingerprint density at radius 3 is 2.50 bits per heavy atom. The summed E-state index contributed by atoms with van der Waals surface area (Å²) in [7, 11) is 0. The topological polar surface area (TPSA) is 77.2 Å². The Hall–Kier alpha value is -3.15. The first-order chi connectivity index (χ1) is 11.8. The molecule has 0 aliphatic heterocycles. The Labute approximate surface area is 141 Å². The molecule has 1 aromatic carbocycles. The second kappa shape index (κ2) is 7.41. The van der Waals surface area contributed by atoms with Crippen LogP contribution in [0.2, 0.25) is 0 Å². The SMILES string of the molecule is CCOc1ncnc(N(Cc2ccccc2)c2ccccn2)c1N. The maximum atomic E-state index is 6.24. The van der Waals surface area contributed by atoms with Crippen molar-refractivity contribution in [3.8, 4) is 5.88 Å². The van der Waals surface area contributed by atoms with Gasteiger partial charge in [-0.3, -0.25) is 0 Å². The van der Waals surface area contributed by atoms with Gasteiger partial charge in [-0.2, -0.15) is 4.98 Å². The molecule has 3 aromatic rings. The van der Waals surface area contributed by atoms with Crippen LogP contribution in [0.15, 0.2) is 61.1 Å². The van der Waals surface area contributed by atoms with Crippen LogP contribution in [0.1, 0.15) is 12.5 Å². The highest BCUT2D eigenvalue weighted by molar-refractivity contribution is 5.73. The van der Waals surface area contributed by atoms with E-state index in [1.165, 1.54) is 6.33 Å². The van der Waals surface area contributed by atoms with Gasteiger partial charge in [0.25, 0.3) is 0 Å². The maximum Gasteiger partial charge on any atom is 0.242 e. The number of rotatable bonds is 6. The molecule has 0 amide bonds. The van der Waals surface area contributed by atoms with Crippen molar-refractivity contribution in [2.45, 2.75) is 13.5 Å². The van der Waals surface area contributed by atoms with E-state index in [0.29, 0.717) is 30.5 Å². The first-order valence-corrected chi connectivity index (χ1v) is 7.75. The smallest absolute Gasteiger partial charge is 0.242 e. The van der Waals surface area contributed by atoms with Crippen molar-refractivity contribution in [2.24, 2.45) is 0 Å². The second-order valence-electron chi connectivity index (χ2n) is 5.11. The van der Waals surface area contributed by atoms with Gasteiger partial charge >= 0.3 is 0 Å². The molecule has 2 heterocycles. The minimum Gasteiger partial charge on any atom is -0.476 e. The molecule has 0 saturated carbocycles. The number of anilines is 3. The van der Waals surface area contributed by atoms with Crippen molar-refractivity contribution in [2.75, 3.05) is 17.2 Å². The Morgan fingerprint density at radius 2 is 1.79 bits per heavy atom. The molecule has 0 aliphatic carbocycles. The molecule has 3 rings (SSSR count). The fourth-order valence-electron chi connectivity index (χ4n) is 2.38. The van der Waals surface area contributed by atoms with Crippen LogP contribution in [-0.4, -0.2) is 21.6 Å². The van der Waals surface area contributed by atoms with E-state index in [-0.39, 0.29) is 0 Å². The van der Waals surface area contributed by atoms with Crippen LogP contribution < -0.4 is 15.4 Å².